The van der Waals surface area contributed by atoms with Crippen molar-refractivity contribution in [1.82, 2.24) is 0 Å². The van der Waals surface area contributed by atoms with Gasteiger partial charge < -0.3 is 19.5 Å². The lowest BCUT2D eigenvalue weighted by atomic mass is 10.2. The Morgan fingerprint density at radius 1 is 1.17 bits per heavy atom. The minimum atomic E-state index is -0.392. The summed E-state index contributed by atoms with van der Waals surface area (Å²) < 4.78 is 29.5. The first-order valence-electron chi connectivity index (χ1n) is 7.83. The third-order valence-electron chi connectivity index (χ3n) is 2.75. The standard InChI is InChI=1S/C17H26FNO4/c1-13(2)19-15-5-6-16(18)17(11-15)23-10-9-21-7-4-8-22-12-14(3)20/h5-6,11,13,19H,4,7-10,12H2,1-3H3. The van der Waals surface area contributed by atoms with Crippen LogP contribution >= 0.6 is 0 Å². The highest BCUT2D eigenvalue weighted by atomic mass is 19.1. The molecule has 5 nitrogen and oxygen atoms in total. The number of benzene rings is 1. The molecule has 0 spiro atoms. The van der Waals surface area contributed by atoms with Crippen LogP contribution in [0.4, 0.5) is 10.1 Å². The lowest BCUT2D eigenvalue weighted by molar-refractivity contribution is -0.121. The molecule has 0 radical (unpaired) electrons. The highest BCUT2D eigenvalue weighted by Crippen LogP contribution is 2.22. The topological polar surface area (TPSA) is 56.8 Å². The maximum absolute atomic E-state index is 13.6. The van der Waals surface area contributed by atoms with Gasteiger partial charge in [-0.3, -0.25) is 4.79 Å². The van der Waals surface area contributed by atoms with Gasteiger partial charge in [-0.2, -0.15) is 0 Å². The van der Waals surface area contributed by atoms with Gasteiger partial charge in [0.1, 0.15) is 13.2 Å². The van der Waals surface area contributed by atoms with Crippen molar-refractivity contribution in [2.75, 3.05) is 38.4 Å². The minimum Gasteiger partial charge on any atom is -0.488 e. The molecule has 1 N–H and O–H groups in total. The Balaban J connectivity index is 2.16. The molecule has 1 aromatic carbocycles. The maximum atomic E-state index is 13.6. The molecule has 6 heteroatoms. The number of anilines is 1. The predicted octanol–water partition coefficient (Wildman–Crippen LogP) is 3.04. The predicted molar refractivity (Wildman–Crippen MR) is 87.6 cm³/mol. The van der Waals surface area contributed by atoms with Crippen LogP contribution in [-0.2, 0) is 14.3 Å². The van der Waals surface area contributed by atoms with Crippen LogP contribution < -0.4 is 10.1 Å². The summed E-state index contributed by atoms with van der Waals surface area (Å²) in [6, 6.07) is 4.97. The van der Waals surface area contributed by atoms with Gasteiger partial charge in [0, 0.05) is 31.0 Å². The van der Waals surface area contributed by atoms with E-state index in [9.17, 15) is 9.18 Å². The van der Waals surface area contributed by atoms with Crippen molar-refractivity contribution < 1.29 is 23.4 Å². The molecule has 0 atom stereocenters. The van der Waals surface area contributed by atoms with Crippen molar-refractivity contribution in [2.24, 2.45) is 0 Å². The Morgan fingerprint density at radius 3 is 2.61 bits per heavy atom. The molecule has 1 rings (SSSR count). The number of halogens is 1. The molecule has 1 aromatic rings. The molecule has 0 bridgehead atoms. The summed E-state index contributed by atoms with van der Waals surface area (Å²) in [6.45, 7) is 7.29. The maximum Gasteiger partial charge on any atom is 0.165 e. The number of hydrogen-bond donors (Lipinski definition) is 1. The SMILES string of the molecule is CC(=O)COCCCOCCOc1cc(NC(C)C)ccc1F. The van der Waals surface area contributed by atoms with E-state index in [-0.39, 0.29) is 30.8 Å². The molecule has 0 aliphatic rings. The van der Waals surface area contributed by atoms with Crippen molar-refractivity contribution in [1.29, 1.82) is 0 Å². The lowest BCUT2D eigenvalue weighted by Gasteiger charge is -2.13. The van der Waals surface area contributed by atoms with Gasteiger partial charge in [-0.1, -0.05) is 0 Å². The highest BCUT2D eigenvalue weighted by Gasteiger charge is 2.05. The van der Waals surface area contributed by atoms with E-state index in [2.05, 4.69) is 5.32 Å². The summed E-state index contributed by atoms with van der Waals surface area (Å²) in [4.78, 5) is 10.7. The number of nitrogens with one attached hydrogen (secondary N) is 1. The third-order valence-corrected chi connectivity index (χ3v) is 2.75. The number of hydrogen-bond acceptors (Lipinski definition) is 5. The van der Waals surface area contributed by atoms with E-state index in [4.69, 9.17) is 14.2 Å². The van der Waals surface area contributed by atoms with Crippen LogP contribution in [0.2, 0.25) is 0 Å². The number of ether oxygens (including phenoxy) is 3. The third kappa shape index (κ3) is 9.15. The molecule has 130 valence electrons. The van der Waals surface area contributed by atoms with Gasteiger partial charge in [0.05, 0.1) is 6.61 Å². The van der Waals surface area contributed by atoms with Crippen LogP contribution in [0.25, 0.3) is 0 Å². The fourth-order valence-electron chi connectivity index (χ4n) is 1.83. The van der Waals surface area contributed by atoms with Gasteiger partial charge in [0.2, 0.25) is 0 Å². The number of carbonyl (C=O) groups excluding carboxylic acids is 1. The molecule has 0 unspecified atom stereocenters. The van der Waals surface area contributed by atoms with Gasteiger partial charge in [-0.15, -0.1) is 0 Å². The second kappa shape index (κ2) is 11.0. The van der Waals surface area contributed by atoms with E-state index in [1.54, 1.807) is 12.1 Å². The van der Waals surface area contributed by atoms with Gasteiger partial charge in [0.25, 0.3) is 0 Å². The summed E-state index contributed by atoms with van der Waals surface area (Å²) in [5, 5.41) is 3.19. The van der Waals surface area contributed by atoms with Crippen molar-refractivity contribution in [3.63, 3.8) is 0 Å². The second-order valence-corrected chi connectivity index (χ2v) is 5.51. The van der Waals surface area contributed by atoms with Crippen molar-refractivity contribution >= 4 is 11.5 Å². The monoisotopic (exact) mass is 327 g/mol. The number of carbonyl (C=O) groups is 1. The van der Waals surface area contributed by atoms with Gasteiger partial charge >= 0.3 is 0 Å². The Labute approximate surface area is 137 Å². The lowest BCUT2D eigenvalue weighted by Crippen LogP contribution is -2.12. The number of Topliss-reactive ketones (excluding diaryl/α,β-unsaturated/α-hetero) is 1. The summed E-state index contributed by atoms with van der Waals surface area (Å²) in [5.74, 6) is -0.170. The fourth-order valence-corrected chi connectivity index (χ4v) is 1.83. The number of ketones is 1. The second-order valence-electron chi connectivity index (χ2n) is 5.51. The largest absolute Gasteiger partial charge is 0.488 e. The molecular formula is C17H26FNO4. The Bertz CT molecular complexity index is 480. The zero-order valence-corrected chi connectivity index (χ0v) is 14.1. The van der Waals surface area contributed by atoms with E-state index < -0.39 is 5.82 Å². The van der Waals surface area contributed by atoms with E-state index in [1.165, 1.54) is 13.0 Å². The molecule has 23 heavy (non-hydrogen) atoms. The van der Waals surface area contributed by atoms with Crippen LogP contribution in [0.5, 0.6) is 5.75 Å². The fraction of sp³-hybridized carbons (Fsp3) is 0.588. The van der Waals surface area contributed by atoms with Gasteiger partial charge in [-0.05, 0) is 39.3 Å². The zero-order chi connectivity index (χ0) is 17.1. The van der Waals surface area contributed by atoms with Crippen LogP contribution in [0.15, 0.2) is 18.2 Å². The molecule has 0 aliphatic carbocycles. The van der Waals surface area contributed by atoms with Crippen LogP contribution in [0.3, 0.4) is 0 Å². The van der Waals surface area contributed by atoms with Crippen LogP contribution in [-0.4, -0.2) is 44.9 Å². The first-order valence-corrected chi connectivity index (χ1v) is 7.83. The molecule has 0 fully saturated rings. The number of rotatable bonds is 12. The van der Waals surface area contributed by atoms with Crippen molar-refractivity contribution in [2.45, 2.75) is 33.2 Å². The minimum absolute atomic E-state index is 0.00975. The van der Waals surface area contributed by atoms with E-state index in [0.717, 1.165) is 5.69 Å². The molecule has 0 heterocycles. The van der Waals surface area contributed by atoms with Crippen LogP contribution in [0.1, 0.15) is 27.2 Å². The molecule has 0 amide bonds. The summed E-state index contributed by atoms with van der Waals surface area (Å²) in [6.07, 6.45) is 0.704. The Morgan fingerprint density at radius 2 is 1.91 bits per heavy atom. The first kappa shape index (κ1) is 19.4. The Kier molecular flexibility index (Phi) is 9.24. The quantitative estimate of drug-likeness (QED) is 0.598. The summed E-state index contributed by atoms with van der Waals surface area (Å²) >= 11 is 0. The van der Waals surface area contributed by atoms with E-state index >= 15 is 0 Å². The summed E-state index contributed by atoms with van der Waals surface area (Å²) in [7, 11) is 0. The van der Waals surface area contributed by atoms with Gasteiger partial charge in [0.15, 0.2) is 17.3 Å². The average molecular weight is 327 g/mol. The van der Waals surface area contributed by atoms with Crippen molar-refractivity contribution in [3.8, 4) is 5.75 Å². The average Bonchev–Trinajstić information content (AvgIpc) is 2.47. The van der Waals surface area contributed by atoms with Gasteiger partial charge in [-0.25, -0.2) is 4.39 Å². The molecular weight excluding hydrogens is 301 g/mol. The van der Waals surface area contributed by atoms with Crippen molar-refractivity contribution in [3.05, 3.63) is 24.0 Å². The smallest absolute Gasteiger partial charge is 0.165 e. The van der Waals surface area contributed by atoms with Crippen LogP contribution in [0, 0.1) is 5.82 Å². The Hall–Kier alpha value is -1.66. The zero-order valence-electron chi connectivity index (χ0n) is 14.1. The molecule has 0 saturated heterocycles. The molecule has 0 aliphatic heterocycles. The molecule has 0 aromatic heterocycles. The molecule has 0 saturated carbocycles. The van der Waals surface area contributed by atoms with E-state index in [1.807, 2.05) is 13.8 Å². The first-order chi connectivity index (χ1) is 11.0. The van der Waals surface area contributed by atoms with E-state index in [0.29, 0.717) is 26.2 Å². The highest BCUT2D eigenvalue weighted by molar-refractivity contribution is 5.76. The summed E-state index contributed by atoms with van der Waals surface area (Å²) in [5.41, 5.74) is 0.819. The normalized spacial score (nSPS) is 10.8.